The second-order valence-electron chi connectivity index (χ2n) is 2.68. The molecule has 0 aromatic heterocycles. The van der Waals surface area contributed by atoms with Gasteiger partial charge in [-0.1, -0.05) is 0 Å². The van der Waals surface area contributed by atoms with Gasteiger partial charge in [0.05, 0.1) is 0 Å². The first-order valence-corrected chi connectivity index (χ1v) is 3.89. The fourth-order valence-corrected chi connectivity index (χ4v) is 1.36. The van der Waals surface area contributed by atoms with Crippen molar-refractivity contribution in [3.8, 4) is 0 Å². The maximum absolute atomic E-state index is 5.69. The lowest BCUT2D eigenvalue weighted by atomic mass is 10.3. The molecule has 54 valence electrons. The minimum absolute atomic E-state index is 0.374. The maximum Gasteiger partial charge on any atom is 0.0499 e. The van der Waals surface area contributed by atoms with Gasteiger partial charge in [0.25, 0.3) is 0 Å². The molecule has 1 aliphatic rings. The highest BCUT2D eigenvalue weighted by atomic mass is 32.1. The van der Waals surface area contributed by atoms with Gasteiger partial charge < -0.3 is 5.73 Å². The predicted octanol–water partition coefficient (Wildman–Crippen LogP) is 0.295. The summed E-state index contributed by atoms with van der Waals surface area (Å²) in [5, 5.41) is 0.374. The molecule has 0 spiro atoms. The van der Waals surface area contributed by atoms with Crippen LogP contribution in [-0.4, -0.2) is 29.4 Å². The van der Waals surface area contributed by atoms with Crippen molar-refractivity contribution < 1.29 is 0 Å². The van der Waals surface area contributed by atoms with E-state index in [9.17, 15) is 0 Å². The van der Waals surface area contributed by atoms with Crippen molar-refractivity contribution in [1.29, 1.82) is 0 Å². The summed E-state index contributed by atoms with van der Waals surface area (Å²) in [4.78, 5) is 2.29. The fourth-order valence-electron chi connectivity index (χ4n) is 1.15. The van der Waals surface area contributed by atoms with Crippen molar-refractivity contribution in [2.45, 2.75) is 24.8 Å². The standard InChI is InChI=1S/C6H14N2S/c1-5(9)8-3-2-6(7)4-8/h5-6,9H,2-4,7H2,1H3. The van der Waals surface area contributed by atoms with Gasteiger partial charge in [0.15, 0.2) is 0 Å². The third kappa shape index (κ3) is 1.85. The van der Waals surface area contributed by atoms with E-state index in [-0.39, 0.29) is 0 Å². The van der Waals surface area contributed by atoms with Crippen LogP contribution in [0.1, 0.15) is 13.3 Å². The van der Waals surface area contributed by atoms with Crippen molar-refractivity contribution in [2.24, 2.45) is 5.73 Å². The van der Waals surface area contributed by atoms with Crippen LogP contribution in [-0.2, 0) is 0 Å². The molecule has 0 amide bonds. The van der Waals surface area contributed by atoms with Crippen LogP contribution in [0.4, 0.5) is 0 Å². The highest BCUT2D eigenvalue weighted by Crippen LogP contribution is 2.12. The molecule has 0 aromatic carbocycles. The summed E-state index contributed by atoms with van der Waals surface area (Å²) in [5.74, 6) is 0. The molecule has 0 radical (unpaired) electrons. The molecule has 9 heavy (non-hydrogen) atoms. The highest BCUT2D eigenvalue weighted by Gasteiger charge is 2.20. The molecule has 2 nitrogen and oxygen atoms in total. The van der Waals surface area contributed by atoms with E-state index in [1.807, 2.05) is 0 Å². The van der Waals surface area contributed by atoms with E-state index in [4.69, 9.17) is 5.73 Å². The molecule has 1 saturated heterocycles. The summed E-state index contributed by atoms with van der Waals surface area (Å²) >= 11 is 4.30. The maximum atomic E-state index is 5.69. The van der Waals surface area contributed by atoms with Crippen molar-refractivity contribution in [3.05, 3.63) is 0 Å². The van der Waals surface area contributed by atoms with Gasteiger partial charge in [0.1, 0.15) is 0 Å². The number of rotatable bonds is 1. The number of nitrogens with zero attached hydrogens (tertiary/aromatic N) is 1. The Labute approximate surface area is 61.8 Å². The SMILES string of the molecule is CC(S)N1CCC(N)C1. The van der Waals surface area contributed by atoms with Crippen molar-refractivity contribution in [2.75, 3.05) is 13.1 Å². The molecule has 2 N–H and O–H groups in total. The van der Waals surface area contributed by atoms with E-state index in [0.29, 0.717) is 11.4 Å². The zero-order valence-electron chi connectivity index (χ0n) is 5.75. The van der Waals surface area contributed by atoms with Crippen molar-refractivity contribution >= 4 is 12.6 Å². The predicted molar refractivity (Wildman–Crippen MR) is 42.6 cm³/mol. The molecule has 1 heterocycles. The largest absolute Gasteiger partial charge is 0.326 e. The Morgan fingerprint density at radius 2 is 2.44 bits per heavy atom. The second-order valence-corrected chi connectivity index (χ2v) is 3.42. The van der Waals surface area contributed by atoms with Crippen LogP contribution in [0.5, 0.6) is 0 Å². The Morgan fingerprint density at radius 1 is 1.78 bits per heavy atom. The zero-order chi connectivity index (χ0) is 6.85. The van der Waals surface area contributed by atoms with E-state index in [1.165, 1.54) is 0 Å². The van der Waals surface area contributed by atoms with Crippen LogP contribution in [0.15, 0.2) is 0 Å². The molecule has 0 saturated carbocycles. The average Bonchev–Trinajstić information content (AvgIpc) is 2.14. The fraction of sp³-hybridized carbons (Fsp3) is 1.00. The number of hydrogen-bond donors (Lipinski definition) is 2. The lowest BCUT2D eigenvalue weighted by Gasteiger charge is -2.18. The third-order valence-corrected chi connectivity index (χ3v) is 2.11. The first-order chi connectivity index (χ1) is 4.20. The van der Waals surface area contributed by atoms with Crippen molar-refractivity contribution in [3.63, 3.8) is 0 Å². The Kier molecular flexibility index (Phi) is 2.38. The molecule has 1 aliphatic heterocycles. The quantitative estimate of drug-likeness (QED) is 0.521. The van der Waals surface area contributed by atoms with Crippen molar-refractivity contribution in [1.82, 2.24) is 4.90 Å². The molecule has 1 rings (SSSR count). The van der Waals surface area contributed by atoms with Gasteiger partial charge in [-0.25, -0.2) is 0 Å². The van der Waals surface area contributed by atoms with Crippen LogP contribution < -0.4 is 5.73 Å². The van der Waals surface area contributed by atoms with Crippen LogP contribution in [0, 0.1) is 0 Å². The smallest absolute Gasteiger partial charge is 0.0499 e. The molecular formula is C6H14N2S. The van der Waals surface area contributed by atoms with Crippen LogP contribution in [0.3, 0.4) is 0 Å². The van der Waals surface area contributed by atoms with E-state index >= 15 is 0 Å². The number of likely N-dealkylation sites (tertiary alicyclic amines) is 1. The molecule has 2 atom stereocenters. The van der Waals surface area contributed by atoms with Gasteiger partial charge in [-0.3, -0.25) is 4.90 Å². The number of thiol groups is 1. The number of hydrogen-bond acceptors (Lipinski definition) is 3. The average molecular weight is 146 g/mol. The van der Waals surface area contributed by atoms with Gasteiger partial charge in [0, 0.05) is 24.5 Å². The Morgan fingerprint density at radius 3 is 2.67 bits per heavy atom. The minimum Gasteiger partial charge on any atom is -0.326 e. The summed E-state index contributed by atoms with van der Waals surface area (Å²) in [6.45, 7) is 4.22. The van der Waals surface area contributed by atoms with Gasteiger partial charge in [0.2, 0.25) is 0 Å². The molecular weight excluding hydrogens is 132 g/mol. The van der Waals surface area contributed by atoms with Crippen LogP contribution >= 0.6 is 12.6 Å². The van der Waals surface area contributed by atoms with Gasteiger partial charge in [-0.05, 0) is 13.3 Å². The van der Waals surface area contributed by atoms with Gasteiger partial charge in [-0.15, -0.1) is 0 Å². The Hall–Kier alpha value is 0.270. The zero-order valence-corrected chi connectivity index (χ0v) is 6.64. The van der Waals surface area contributed by atoms with Gasteiger partial charge >= 0.3 is 0 Å². The highest BCUT2D eigenvalue weighted by molar-refractivity contribution is 7.80. The summed E-state index contributed by atoms with van der Waals surface area (Å²) in [6.07, 6.45) is 1.13. The summed E-state index contributed by atoms with van der Waals surface area (Å²) in [6, 6.07) is 0.389. The molecule has 0 bridgehead atoms. The molecule has 0 aliphatic carbocycles. The number of nitrogens with two attached hydrogens (primary N) is 1. The topological polar surface area (TPSA) is 29.3 Å². The van der Waals surface area contributed by atoms with Gasteiger partial charge in [-0.2, -0.15) is 12.6 Å². The lowest BCUT2D eigenvalue weighted by molar-refractivity contribution is 0.329. The summed E-state index contributed by atoms with van der Waals surface area (Å²) < 4.78 is 0. The normalized spacial score (nSPS) is 33.0. The lowest BCUT2D eigenvalue weighted by Crippen LogP contribution is -2.30. The summed E-state index contributed by atoms with van der Waals surface area (Å²) in [7, 11) is 0. The Bertz CT molecular complexity index is 95.1. The Balaban J connectivity index is 2.30. The molecule has 0 aromatic rings. The molecule has 1 fully saturated rings. The second kappa shape index (κ2) is 2.90. The summed E-state index contributed by atoms with van der Waals surface area (Å²) in [5.41, 5.74) is 5.69. The molecule has 2 unspecified atom stereocenters. The van der Waals surface area contributed by atoms with E-state index in [0.717, 1.165) is 19.5 Å². The van der Waals surface area contributed by atoms with Crippen LogP contribution in [0.2, 0.25) is 0 Å². The molecule has 3 heteroatoms. The first-order valence-electron chi connectivity index (χ1n) is 3.38. The van der Waals surface area contributed by atoms with E-state index in [1.54, 1.807) is 0 Å². The minimum atomic E-state index is 0.374. The monoisotopic (exact) mass is 146 g/mol. The third-order valence-electron chi connectivity index (χ3n) is 1.78. The van der Waals surface area contributed by atoms with E-state index < -0.39 is 0 Å². The first kappa shape index (κ1) is 7.38. The van der Waals surface area contributed by atoms with Crippen LogP contribution in [0.25, 0.3) is 0 Å². The van der Waals surface area contributed by atoms with E-state index in [2.05, 4.69) is 24.5 Å².